The third kappa shape index (κ3) is 4.33. The van der Waals surface area contributed by atoms with Crippen LogP contribution in [-0.2, 0) is 12.8 Å². The minimum atomic E-state index is -0.633. The molecule has 3 heteroatoms. The van der Waals surface area contributed by atoms with E-state index in [0.717, 1.165) is 19.4 Å². The highest BCUT2D eigenvalue weighted by atomic mass is 32.1. The maximum absolute atomic E-state index is 10.1. The standard InChI is InChI=1S/C12H21NOS/c1-4-10-6-7-11(15-10)8-12(3,14)9-13-5-2/h6-7,13-14H,4-5,8-9H2,1-3H3. The second kappa shape index (κ2) is 5.64. The van der Waals surface area contributed by atoms with Gasteiger partial charge in [0.15, 0.2) is 0 Å². The first-order chi connectivity index (χ1) is 7.07. The van der Waals surface area contributed by atoms with Gasteiger partial charge in [-0.25, -0.2) is 0 Å². The number of likely N-dealkylation sites (N-methyl/N-ethyl adjacent to an activating group) is 1. The Bertz CT molecular complexity index is 294. The molecule has 0 fully saturated rings. The molecule has 1 atom stereocenters. The average Bonchev–Trinajstić information content (AvgIpc) is 2.62. The monoisotopic (exact) mass is 227 g/mol. The van der Waals surface area contributed by atoms with Crippen LogP contribution in [0.5, 0.6) is 0 Å². The molecule has 1 aromatic rings. The van der Waals surface area contributed by atoms with Gasteiger partial charge in [0.2, 0.25) is 0 Å². The number of thiophene rings is 1. The van der Waals surface area contributed by atoms with Crippen molar-refractivity contribution in [3.63, 3.8) is 0 Å². The van der Waals surface area contributed by atoms with E-state index >= 15 is 0 Å². The summed E-state index contributed by atoms with van der Waals surface area (Å²) in [6.07, 6.45) is 1.82. The van der Waals surface area contributed by atoms with Gasteiger partial charge in [0.25, 0.3) is 0 Å². The Morgan fingerprint density at radius 1 is 1.33 bits per heavy atom. The summed E-state index contributed by atoms with van der Waals surface area (Å²) in [4.78, 5) is 2.67. The largest absolute Gasteiger partial charge is 0.388 e. The van der Waals surface area contributed by atoms with Gasteiger partial charge in [-0.3, -0.25) is 0 Å². The Morgan fingerprint density at radius 3 is 2.53 bits per heavy atom. The van der Waals surface area contributed by atoms with Crippen molar-refractivity contribution >= 4 is 11.3 Å². The molecule has 2 N–H and O–H groups in total. The maximum atomic E-state index is 10.1. The third-order valence-electron chi connectivity index (χ3n) is 2.38. The zero-order chi connectivity index (χ0) is 11.3. The van der Waals surface area contributed by atoms with Gasteiger partial charge in [0.1, 0.15) is 0 Å². The fourth-order valence-corrected chi connectivity index (χ4v) is 2.68. The van der Waals surface area contributed by atoms with Crippen LogP contribution in [0.4, 0.5) is 0 Å². The van der Waals surface area contributed by atoms with Gasteiger partial charge >= 0.3 is 0 Å². The Kier molecular flexibility index (Phi) is 4.77. The zero-order valence-corrected chi connectivity index (χ0v) is 10.7. The molecule has 0 aliphatic carbocycles. The molecular formula is C12H21NOS. The van der Waals surface area contributed by atoms with E-state index in [4.69, 9.17) is 0 Å². The molecule has 0 bridgehead atoms. The molecule has 0 spiro atoms. The summed E-state index contributed by atoms with van der Waals surface area (Å²) in [7, 11) is 0. The summed E-state index contributed by atoms with van der Waals surface area (Å²) in [6.45, 7) is 7.66. The van der Waals surface area contributed by atoms with Gasteiger partial charge < -0.3 is 10.4 Å². The number of rotatable bonds is 6. The topological polar surface area (TPSA) is 32.3 Å². The predicted octanol–water partition coefficient (Wildman–Crippen LogP) is 2.21. The van der Waals surface area contributed by atoms with Crippen LogP contribution in [0.2, 0.25) is 0 Å². The Balaban J connectivity index is 2.52. The highest BCUT2D eigenvalue weighted by molar-refractivity contribution is 7.12. The van der Waals surface area contributed by atoms with Crippen molar-refractivity contribution in [2.24, 2.45) is 0 Å². The summed E-state index contributed by atoms with van der Waals surface area (Å²) >= 11 is 1.81. The van der Waals surface area contributed by atoms with Crippen LogP contribution in [0.15, 0.2) is 12.1 Å². The van der Waals surface area contributed by atoms with E-state index in [9.17, 15) is 5.11 Å². The molecule has 86 valence electrons. The van der Waals surface area contributed by atoms with Crippen molar-refractivity contribution in [3.8, 4) is 0 Å². The molecule has 0 saturated carbocycles. The fraction of sp³-hybridized carbons (Fsp3) is 0.667. The van der Waals surface area contributed by atoms with E-state index in [1.807, 2.05) is 6.92 Å². The molecule has 1 aromatic heterocycles. The quantitative estimate of drug-likeness (QED) is 0.781. The van der Waals surface area contributed by atoms with Gasteiger partial charge in [0.05, 0.1) is 5.60 Å². The lowest BCUT2D eigenvalue weighted by Crippen LogP contribution is -2.39. The van der Waals surface area contributed by atoms with E-state index in [-0.39, 0.29) is 0 Å². The second-order valence-corrected chi connectivity index (χ2v) is 5.43. The number of hydrogen-bond acceptors (Lipinski definition) is 3. The SMILES string of the molecule is CCNCC(C)(O)Cc1ccc(CC)s1. The Labute approximate surface area is 96.3 Å². The molecule has 2 nitrogen and oxygen atoms in total. The summed E-state index contributed by atoms with van der Waals surface area (Å²) in [6, 6.07) is 4.28. The van der Waals surface area contributed by atoms with Crippen LogP contribution in [0, 0.1) is 0 Å². The molecule has 0 radical (unpaired) electrons. The minimum Gasteiger partial charge on any atom is -0.388 e. The van der Waals surface area contributed by atoms with Crippen LogP contribution in [0.25, 0.3) is 0 Å². The van der Waals surface area contributed by atoms with E-state index in [0.29, 0.717) is 6.54 Å². The predicted molar refractivity (Wildman–Crippen MR) is 66.6 cm³/mol. The summed E-state index contributed by atoms with van der Waals surface area (Å²) in [5, 5.41) is 13.3. The highest BCUT2D eigenvalue weighted by Crippen LogP contribution is 2.21. The molecule has 1 unspecified atom stereocenters. The van der Waals surface area contributed by atoms with Crippen molar-refractivity contribution in [1.29, 1.82) is 0 Å². The van der Waals surface area contributed by atoms with Crippen LogP contribution in [0.3, 0.4) is 0 Å². The fourth-order valence-electron chi connectivity index (χ4n) is 1.54. The van der Waals surface area contributed by atoms with Gasteiger partial charge in [0, 0.05) is 22.7 Å². The van der Waals surface area contributed by atoms with Crippen molar-refractivity contribution in [1.82, 2.24) is 5.32 Å². The summed E-state index contributed by atoms with van der Waals surface area (Å²) in [5.41, 5.74) is -0.633. The van der Waals surface area contributed by atoms with Crippen molar-refractivity contribution < 1.29 is 5.11 Å². The molecule has 1 rings (SSSR count). The van der Waals surface area contributed by atoms with Crippen molar-refractivity contribution in [2.75, 3.05) is 13.1 Å². The van der Waals surface area contributed by atoms with Crippen LogP contribution in [0.1, 0.15) is 30.5 Å². The Morgan fingerprint density at radius 2 is 2.00 bits per heavy atom. The lowest BCUT2D eigenvalue weighted by molar-refractivity contribution is 0.0615. The third-order valence-corrected chi connectivity index (χ3v) is 3.61. The molecule has 15 heavy (non-hydrogen) atoms. The molecule has 0 aliphatic heterocycles. The maximum Gasteiger partial charge on any atom is 0.0791 e. The van der Waals surface area contributed by atoms with Gasteiger partial charge in [-0.05, 0) is 32.0 Å². The lowest BCUT2D eigenvalue weighted by Gasteiger charge is -2.22. The first kappa shape index (κ1) is 12.7. The van der Waals surface area contributed by atoms with Crippen LogP contribution in [-0.4, -0.2) is 23.8 Å². The zero-order valence-electron chi connectivity index (χ0n) is 9.84. The average molecular weight is 227 g/mol. The Hall–Kier alpha value is -0.380. The van der Waals surface area contributed by atoms with E-state index in [2.05, 4.69) is 31.3 Å². The van der Waals surface area contributed by atoms with Gasteiger partial charge in [-0.15, -0.1) is 11.3 Å². The lowest BCUT2D eigenvalue weighted by atomic mass is 10.0. The van der Waals surface area contributed by atoms with Crippen molar-refractivity contribution in [2.45, 2.75) is 39.2 Å². The number of nitrogens with one attached hydrogen (secondary N) is 1. The molecule has 0 aromatic carbocycles. The molecule has 0 aliphatic rings. The normalized spacial score (nSPS) is 15.2. The van der Waals surface area contributed by atoms with Crippen LogP contribution < -0.4 is 5.32 Å². The van der Waals surface area contributed by atoms with Gasteiger partial charge in [-0.2, -0.15) is 0 Å². The molecule has 1 heterocycles. The number of aliphatic hydroxyl groups is 1. The minimum absolute atomic E-state index is 0.633. The number of aryl methyl sites for hydroxylation is 1. The van der Waals surface area contributed by atoms with Crippen molar-refractivity contribution in [3.05, 3.63) is 21.9 Å². The molecule has 0 saturated heterocycles. The van der Waals surface area contributed by atoms with Crippen LogP contribution >= 0.6 is 11.3 Å². The summed E-state index contributed by atoms with van der Waals surface area (Å²) < 4.78 is 0. The van der Waals surface area contributed by atoms with E-state index in [1.54, 1.807) is 11.3 Å². The van der Waals surface area contributed by atoms with E-state index in [1.165, 1.54) is 9.75 Å². The number of hydrogen-bond donors (Lipinski definition) is 2. The second-order valence-electron chi connectivity index (χ2n) is 4.18. The first-order valence-electron chi connectivity index (χ1n) is 5.58. The summed E-state index contributed by atoms with van der Waals surface area (Å²) in [5.74, 6) is 0. The van der Waals surface area contributed by atoms with Gasteiger partial charge in [-0.1, -0.05) is 13.8 Å². The molecule has 0 amide bonds. The smallest absolute Gasteiger partial charge is 0.0791 e. The molecular weight excluding hydrogens is 206 g/mol. The first-order valence-corrected chi connectivity index (χ1v) is 6.39. The highest BCUT2D eigenvalue weighted by Gasteiger charge is 2.20. The van der Waals surface area contributed by atoms with E-state index < -0.39 is 5.60 Å².